The van der Waals surface area contributed by atoms with Crippen molar-refractivity contribution in [1.29, 1.82) is 0 Å². The molecule has 1 heterocycles. The second-order valence-corrected chi connectivity index (χ2v) is 4.49. The Morgan fingerprint density at radius 3 is 2.85 bits per heavy atom. The molecule has 1 amide bonds. The molecule has 6 nitrogen and oxygen atoms in total. The van der Waals surface area contributed by atoms with E-state index in [2.05, 4.69) is 12.2 Å². The lowest BCUT2D eigenvalue weighted by Gasteiger charge is -2.13. The van der Waals surface area contributed by atoms with Crippen molar-refractivity contribution >= 4 is 5.91 Å². The standard InChI is InChI=1S/C14H21NO5/c1-3-4-5-6-15-14(18)10(2)20-13-9-19-11(8-16)7-12(13)17/h7,9-10,16H,3-6,8H2,1-2H3,(H,15,18). The molecular weight excluding hydrogens is 262 g/mol. The van der Waals surface area contributed by atoms with Gasteiger partial charge in [-0.15, -0.1) is 0 Å². The van der Waals surface area contributed by atoms with Crippen molar-refractivity contribution in [3.63, 3.8) is 0 Å². The fourth-order valence-electron chi connectivity index (χ4n) is 1.58. The lowest BCUT2D eigenvalue weighted by molar-refractivity contribution is -0.127. The second kappa shape index (κ2) is 8.37. The first-order valence-electron chi connectivity index (χ1n) is 6.75. The van der Waals surface area contributed by atoms with Gasteiger partial charge < -0.3 is 19.6 Å². The first-order valence-corrected chi connectivity index (χ1v) is 6.75. The molecule has 6 heteroatoms. The van der Waals surface area contributed by atoms with Crippen LogP contribution in [0.2, 0.25) is 0 Å². The van der Waals surface area contributed by atoms with Crippen LogP contribution in [0.3, 0.4) is 0 Å². The molecule has 20 heavy (non-hydrogen) atoms. The zero-order valence-electron chi connectivity index (χ0n) is 11.8. The van der Waals surface area contributed by atoms with Crippen LogP contribution in [0.5, 0.6) is 5.75 Å². The summed E-state index contributed by atoms with van der Waals surface area (Å²) in [5, 5.41) is 11.6. The largest absolute Gasteiger partial charge is 0.474 e. The van der Waals surface area contributed by atoms with E-state index in [1.165, 1.54) is 0 Å². The summed E-state index contributed by atoms with van der Waals surface area (Å²) in [6.07, 6.45) is 3.39. The van der Waals surface area contributed by atoms with Gasteiger partial charge in [0.15, 0.2) is 6.10 Å². The Kier molecular flexibility index (Phi) is 6.79. The number of aliphatic hydroxyl groups excluding tert-OH is 1. The van der Waals surface area contributed by atoms with E-state index in [-0.39, 0.29) is 24.0 Å². The summed E-state index contributed by atoms with van der Waals surface area (Å²) in [6.45, 7) is 3.89. The first kappa shape index (κ1) is 16.2. The maximum Gasteiger partial charge on any atom is 0.260 e. The SMILES string of the molecule is CCCCCNC(=O)C(C)Oc1coc(CO)cc1=O. The van der Waals surface area contributed by atoms with E-state index >= 15 is 0 Å². The molecule has 112 valence electrons. The van der Waals surface area contributed by atoms with E-state index in [0.717, 1.165) is 31.6 Å². The van der Waals surface area contributed by atoms with Gasteiger partial charge in [-0.25, -0.2) is 0 Å². The molecule has 0 aliphatic rings. The van der Waals surface area contributed by atoms with Crippen molar-refractivity contribution in [1.82, 2.24) is 5.32 Å². The van der Waals surface area contributed by atoms with Crippen LogP contribution in [-0.2, 0) is 11.4 Å². The molecule has 0 fully saturated rings. The second-order valence-electron chi connectivity index (χ2n) is 4.49. The van der Waals surface area contributed by atoms with Gasteiger partial charge in [0.2, 0.25) is 11.2 Å². The molecule has 1 rings (SSSR count). The first-order chi connectivity index (χ1) is 9.58. The number of aliphatic hydroxyl groups is 1. The third-order valence-corrected chi connectivity index (χ3v) is 2.76. The Labute approximate surface area is 117 Å². The van der Waals surface area contributed by atoms with E-state index < -0.39 is 11.5 Å². The van der Waals surface area contributed by atoms with Gasteiger partial charge >= 0.3 is 0 Å². The number of carbonyl (C=O) groups is 1. The third-order valence-electron chi connectivity index (χ3n) is 2.76. The molecule has 1 aromatic rings. The predicted molar refractivity (Wildman–Crippen MR) is 73.5 cm³/mol. The fourth-order valence-corrected chi connectivity index (χ4v) is 1.58. The molecule has 0 saturated carbocycles. The summed E-state index contributed by atoms with van der Waals surface area (Å²) in [4.78, 5) is 23.4. The van der Waals surface area contributed by atoms with Gasteiger partial charge in [0, 0.05) is 12.6 Å². The number of carbonyl (C=O) groups excluding carboxylic acids is 1. The quantitative estimate of drug-likeness (QED) is 0.700. The van der Waals surface area contributed by atoms with E-state index in [9.17, 15) is 9.59 Å². The van der Waals surface area contributed by atoms with Crippen LogP contribution < -0.4 is 15.5 Å². The van der Waals surface area contributed by atoms with Crippen LogP contribution >= 0.6 is 0 Å². The predicted octanol–water partition coefficient (Wildman–Crippen LogP) is 1.21. The Balaban J connectivity index is 2.51. The average Bonchev–Trinajstić information content (AvgIpc) is 2.45. The van der Waals surface area contributed by atoms with E-state index in [1.807, 2.05) is 0 Å². The number of nitrogens with one attached hydrogen (secondary N) is 1. The summed E-state index contributed by atoms with van der Waals surface area (Å²) in [6, 6.07) is 1.14. The van der Waals surface area contributed by atoms with Crippen molar-refractivity contribution in [2.75, 3.05) is 6.54 Å². The lowest BCUT2D eigenvalue weighted by Crippen LogP contribution is -2.37. The molecule has 0 aliphatic heterocycles. The molecule has 0 aromatic carbocycles. The van der Waals surface area contributed by atoms with Gasteiger partial charge in [0.25, 0.3) is 5.91 Å². The molecule has 0 bridgehead atoms. The summed E-state index contributed by atoms with van der Waals surface area (Å²) in [7, 11) is 0. The lowest BCUT2D eigenvalue weighted by atomic mass is 10.2. The Bertz CT molecular complexity index is 483. The van der Waals surface area contributed by atoms with Gasteiger partial charge in [-0.3, -0.25) is 9.59 Å². The Morgan fingerprint density at radius 2 is 2.25 bits per heavy atom. The Hall–Kier alpha value is -1.82. The zero-order valence-corrected chi connectivity index (χ0v) is 11.8. The highest BCUT2D eigenvalue weighted by Crippen LogP contribution is 2.08. The zero-order chi connectivity index (χ0) is 15.0. The highest BCUT2D eigenvalue weighted by molar-refractivity contribution is 5.80. The third kappa shape index (κ3) is 5.05. The number of unbranched alkanes of at least 4 members (excludes halogenated alkanes) is 2. The molecule has 0 aliphatic carbocycles. The Morgan fingerprint density at radius 1 is 1.50 bits per heavy atom. The van der Waals surface area contributed by atoms with Crippen LogP contribution in [0.15, 0.2) is 21.5 Å². The average molecular weight is 283 g/mol. The minimum absolute atomic E-state index is 0.0431. The van der Waals surface area contributed by atoms with E-state index in [1.54, 1.807) is 6.92 Å². The van der Waals surface area contributed by atoms with Crippen LogP contribution in [-0.4, -0.2) is 23.7 Å². The summed E-state index contributed by atoms with van der Waals surface area (Å²) in [5.41, 5.74) is -0.425. The minimum atomic E-state index is -0.778. The fraction of sp³-hybridized carbons (Fsp3) is 0.571. The van der Waals surface area contributed by atoms with Crippen molar-refractivity contribution in [2.45, 2.75) is 45.8 Å². The number of amides is 1. The van der Waals surface area contributed by atoms with E-state index in [4.69, 9.17) is 14.3 Å². The van der Waals surface area contributed by atoms with Gasteiger partial charge in [0.05, 0.1) is 0 Å². The molecule has 0 spiro atoms. The number of rotatable bonds is 8. The maximum atomic E-state index is 11.7. The molecular formula is C14H21NO5. The normalized spacial score (nSPS) is 11.9. The molecule has 1 aromatic heterocycles. The molecule has 1 unspecified atom stereocenters. The molecule has 0 saturated heterocycles. The van der Waals surface area contributed by atoms with Gasteiger partial charge in [-0.2, -0.15) is 0 Å². The number of ether oxygens (including phenoxy) is 1. The topological polar surface area (TPSA) is 88.8 Å². The van der Waals surface area contributed by atoms with Gasteiger partial charge in [-0.1, -0.05) is 19.8 Å². The monoisotopic (exact) mass is 283 g/mol. The van der Waals surface area contributed by atoms with E-state index in [0.29, 0.717) is 6.54 Å². The van der Waals surface area contributed by atoms with Crippen LogP contribution in [0.4, 0.5) is 0 Å². The van der Waals surface area contributed by atoms with Crippen molar-refractivity contribution in [3.8, 4) is 5.75 Å². The maximum absolute atomic E-state index is 11.7. The molecule has 2 N–H and O–H groups in total. The number of hydrogen-bond donors (Lipinski definition) is 2. The molecule has 1 atom stereocenters. The minimum Gasteiger partial charge on any atom is -0.474 e. The van der Waals surface area contributed by atoms with Crippen LogP contribution in [0.1, 0.15) is 38.9 Å². The van der Waals surface area contributed by atoms with Crippen LogP contribution in [0, 0.1) is 0 Å². The van der Waals surface area contributed by atoms with Crippen molar-refractivity contribution < 1.29 is 19.1 Å². The van der Waals surface area contributed by atoms with Gasteiger partial charge in [0.1, 0.15) is 18.6 Å². The molecule has 0 radical (unpaired) electrons. The summed E-state index contributed by atoms with van der Waals surface area (Å²) in [5.74, 6) is -0.163. The number of hydrogen-bond acceptors (Lipinski definition) is 5. The smallest absolute Gasteiger partial charge is 0.260 e. The highest BCUT2D eigenvalue weighted by Gasteiger charge is 2.16. The van der Waals surface area contributed by atoms with Crippen LogP contribution in [0.25, 0.3) is 0 Å². The van der Waals surface area contributed by atoms with Crippen molar-refractivity contribution in [2.24, 2.45) is 0 Å². The van der Waals surface area contributed by atoms with Crippen molar-refractivity contribution in [3.05, 3.63) is 28.3 Å². The van der Waals surface area contributed by atoms with Gasteiger partial charge in [-0.05, 0) is 13.3 Å². The highest BCUT2D eigenvalue weighted by atomic mass is 16.5. The summed E-state index contributed by atoms with van der Waals surface area (Å²) < 4.78 is 10.2. The summed E-state index contributed by atoms with van der Waals surface area (Å²) >= 11 is 0.